The first-order valence-electron chi connectivity index (χ1n) is 5.63. The highest BCUT2D eigenvalue weighted by atomic mass is 19.4. The molecular formula is C12H16F3NO3. The third-order valence-electron chi connectivity index (χ3n) is 2.17. The standard InChI is InChI=1S/C12H16F3NO3/c1-17-11-4-3-9(7-10(11)16)19-6-2-5-18-8-12(13,14)15/h3-4,7H,2,5-6,8,16H2,1H3. The Morgan fingerprint density at radius 1 is 1.21 bits per heavy atom. The van der Waals surface area contributed by atoms with Crippen LogP contribution in [0, 0.1) is 0 Å². The number of ether oxygens (including phenoxy) is 3. The van der Waals surface area contributed by atoms with Crippen molar-refractivity contribution < 1.29 is 27.4 Å². The van der Waals surface area contributed by atoms with Gasteiger partial charge in [0.15, 0.2) is 0 Å². The number of nitrogens with two attached hydrogens (primary N) is 1. The van der Waals surface area contributed by atoms with Gasteiger partial charge in [-0.05, 0) is 12.1 Å². The van der Waals surface area contributed by atoms with E-state index in [4.69, 9.17) is 15.2 Å². The smallest absolute Gasteiger partial charge is 0.411 e. The molecule has 0 aliphatic heterocycles. The van der Waals surface area contributed by atoms with Crippen molar-refractivity contribution in [3.05, 3.63) is 18.2 Å². The van der Waals surface area contributed by atoms with Crippen LogP contribution in [0.1, 0.15) is 6.42 Å². The highest BCUT2D eigenvalue weighted by Gasteiger charge is 2.27. The summed E-state index contributed by atoms with van der Waals surface area (Å²) in [4.78, 5) is 0. The zero-order valence-electron chi connectivity index (χ0n) is 10.5. The molecule has 1 rings (SSSR count). The summed E-state index contributed by atoms with van der Waals surface area (Å²) in [6, 6.07) is 4.92. The van der Waals surface area contributed by atoms with Crippen LogP contribution in [-0.2, 0) is 4.74 Å². The number of rotatable bonds is 7. The Morgan fingerprint density at radius 3 is 2.53 bits per heavy atom. The van der Waals surface area contributed by atoms with Gasteiger partial charge in [-0.25, -0.2) is 0 Å². The first-order chi connectivity index (χ1) is 8.92. The van der Waals surface area contributed by atoms with Gasteiger partial charge < -0.3 is 19.9 Å². The van der Waals surface area contributed by atoms with Crippen LogP contribution in [0.3, 0.4) is 0 Å². The number of anilines is 1. The quantitative estimate of drug-likeness (QED) is 0.616. The topological polar surface area (TPSA) is 53.7 Å². The molecule has 0 aliphatic rings. The van der Waals surface area contributed by atoms with Gasteiger partial charge in [0.1, 0.15) is 18.1 Å². The van der Waals surface area contributed by atoms with Crippen LogP contribution in [0.25, 0.3) is 0 Å². The fourth-order valence-electron chi connectivity index (χ4n) is 1.34. The summed E-state index contributed by atoms with van der Waals surface area (Å²) in [6.07, 6.45) is -3.92. The first kappa shape index (κ1) is 15.4. The molecule has 0 bridgehead atoms. The third kappa shape index (κ3) is 6.19. The fourth-order valence-corrected chi connectivity index (χ4v) is 1.34. The predicted molar refractivity (Wildman–Crippen MR) is 64.4 cm³/mol. The van der Waals surface area contributed by atoms with Crippen molar-refractivity contribution >= 4 is 5.69 Å². The van der Waals surface area contributed by atoms with E-state index in [1.165, 1.54) is 7.11 Å². The lowest BCUT2D eigenvalue weighted by molar-refractivity contribution is -0.174. The summed E-state index contributed by atoms with van der Waals surface area (Å²) in [5, 5.41) is 0. The molecule has 0 fully saturated rings. The second-order valence-corrected chi connectivity index (χ2v) is 3.77. The molecule has 2 N–H and O–H groups in total. The van der Waals surface area contributed by atoms with Gasteiger partial charge in [0, 0.05) is 12.5 Å². The molecule has 0 spiro atoms. The van der Waals surface area contributed by atoms with E-state index >= 15 is 0 Å². The Bertz CT molecular complexity index is 396. The molecule has 1 aromatic carbocycles. The summed E-state index contributed by atoms with van der Waals surface area (Å²) in [6.45, 7) is -0.989. The maximum Gasteiger partial charge on any atom is 0.411 e. The van der Waals surface area contributed by atoms with E-state index < -0.39 is 12.8 Å². The minimum Gasteiger partial charge on any atom is -0.495 e. The van der Waals surface area contributed by atoms with Crippen molar-refractivity contribution in [2.45, 2.75) is 12.6 Å². The van der Waals surface area contributed by atoms with E-state index in [9.17, 15) is 13.2 Å². The summed E-state index contributed by atoms with van der Waals surface area (Å²) in [5.74, 6) is 1.08. The maximum atomic E-state index is 11.8. The summed E-state index contributed by atoms with van der Waals surface area (Å²) < 4.78 is 50.0. The van der Waals surface area contributed by atoms with Gasteiger partial charge in [-0.15, -0.1) is 0 Å². The molecule has 0 aromatic heterocycles. The molecule has 0 heterocycles. The lowest BCUT2D eigenvalue weighted by Gasteiger charge is -2.10. The van der Waals surface area contributed by atoms with Gasteiger partial charge in [-0.2, -0.15) is 13.2 Å². The molecule has 0 amide bonds. The Labute approximate surface area is 109 Å². The van der Waals surface area contributed by atoms with E-state index in [0.29, 0.717) is 23.6 Å². The number of benzene rings is 1. The number of hydrogen-bond acceptors (Lipinski definition) is 4. The average Bonchev–Trinajstić information content (AvgIpc) is 2.32. The third-order valence-corrected chi connectivity index (χ3v) is 2.17. The van der Waals surface area contributed by atoms with Crippen molar-refractivity contribution in [2.24, 2.45) is 0 Å². The van der Waals surface area contributed by atoms with E-state index in [2.05, 4.69) is 4.74 Å². The van der Waals surface area contributed by atoms with Gasteiger partial charge in [0.2, 0.25) is 0 Å². The van der Waals surface area contributed by atoms with E-state index in [0.717, 1.165) is 0 Å². The summed E-state index contributed by atoms with van der Waals surface area (Å²) >= 11 is 0. The molecule has 0 saturated heterocycles. The van der Waals surface area contributed by atoms with Gasteiger partial charge in [0.25, 0.3) is 0 Å². The van der Waals surface area contributed by atoms with Crippen molar-refractivity contribution in [3.63, 3.8) is 0 Å². The lowest BCUT2D eigenvalue weighted by Crippen LogP contribution is -2.18. The molecular weight excluding hydrogens is 263 g/mol. The normalized spacial score (nSPS) is 11.4. The molecule has 108 valence electrons. The van der Waals surface area contributed by atoms with E-state index in [1.54, 1.807) is 18.2 Å². The monoisotopic (exact) mass is 279 g/mol. The molecule has 0 unspecified atom stereocenters. The zero-order valence-corrected chi connectivity index (χ0v) is 10.5. The van der Waals surface area contributed by atoms with E-state index in [1.807, 2.05) is 0 Å². The Hall–Kier alpha value is -1.63. The number of nitrogen functional groups attached to an aromatic ring is 1. The number of alkyl halides is 3. The Balaban J connectivity index is 2.21. The first-order valence-corrected chi connectivity index (χ1v) is 5.63. The van der Waals surface area contributed by atoms with Crippen molar-refractivity contribution in [1.29, 1.82) is 0 Å². The number of methoxy groups -OCH3 is 1. The second-order valence-electron chi connectivity index (χ2n) is 3.77. The average molecular weight is 279 g/mol. The molecule has 0 saturated carbocycles. The highest BCUT2D eigenvalue weighted by molar-refractivity contribution is 5.56. The Kier molecular flexibility index (Phi) is 5.75. The minimum absolute atomic E-state index is 0.00878. The molecule has 0 aliphatic carbocycles. The van der Waals surface area contributed by atoms with Gasteiger partial charge >= 0.3 is 6.18 Å². The minimum atomic E-state index is -4.29. The van der Waals surface area contributed by atoms with Crippen LogP contribution in [0.15, 0.2) is 18.2 Å². The number of halogens is 3. The van der Waals surface area contributed by atoms with Crippen LogP contribution >= 0.6 is 0 Å². The fraction of sp³-hybridized carbons (Fsp3) is 0.500. The van der Waals surface area contributed by atoms with Crippen LogP contribution in [0.4, 0.5) is 18.9 Å². The number of hydrogen-bond donors (Lipinski definition) is 1. The summed E-state index contributed by atoms with van der Waals surface area (Å²) in [5.41, 5.74) is 6.12. The zero-order chi connectivity index (χ0) is 14.3. The molecule has 0 radical (unpaired) electrons. The van der Waals surface area contributed by atoms with Crippen LogP contribution in [-0.4, -0.2) is 33.1 Å². The highest BCUT2D eigenvalue weighted by Crippen LogP contribution is 2.25. The van der Waals surface area contributed by atoms with Gasteiger partial charge in [-0.1, -0.05) is 0 Å². The molecule has 7 heteroatoms. The maximum absolute atomic E-state index is 11.8. The predicted octanol–water partition coefficient (Wildman–Crippen LogP) is 2.63. The van der Waals surface area contributed by atoms with Crippen LogP contribution in [0.5, 0.6) is 11.5 Å². The van der Waals surface area contributed by atoms with Crippen molar-refractivity contribution in [3.8, 4) is 11.5 Å². The van der Waals surface area contributed by atoms with Crippen LogP contribution in [0.2, 0.25) is 0 Å². The van der Waals surface area contributed by atoms with Gasteiger partial charge in [0.05, 0.1) is 26.0 Å². The SMILES string of the molecule is COc1ccc(OCCCOCC(F)(F)F)cc1N. The summed E-state index contributed by atoms with van der Waals surface area (Å²) in [7, 11) is 1.50. The van der Waals surface area contributed by atoms with E-state index in [-0.39, 0.29) is 13.2 Å². The largest absolute Gasteiger partial charge is 0.495 e. The lowest BCUT2D eigenvalue weighted by atomic mass is 10.3. The van der Waals surface area contributed by atoms with Crippen molar-refractivity contribution in [2.75, 3.05) is 32.7 Å². The van der Waals surface area contributed by atoms with Crippen LogP contribution < -0.4 is 15.2 Å². The molecule has 1 aromatic rings. The van der Waals surface area contributed by atoms with Crippen molar-refractivity contribution in [1.82, 2.24) is 0 Å². The van der Waals surface area contributed by atoms with Gasteiger partial charge in [-0.3, -0.25) is 0 Å². The molecule has 4 nitrogen and oxygen atoms in total. The molecule has 0 atom stereocenters. The molecule has 19 heavy (non-hydrogen) atoms. The second kappa shape index (κ2) is 7.08. The Morgan fingerprint density at radius 2 is 1.95 bits per heavy atom.